The summed E-state index contributed by atoms with van der Waals surface area (Å²) < 4.78 is 0. The van der Waals surface area contributed by atoms with Crippen molar-refractivity contribution >= 4 is 29.2 Å². The van der Waals surface area contributed by atoms with Crippen molar-refractivity contribution in [1.29, 1.82) is 0 Å². The Balaban J connectivity index is 2.09. The first-order valence-electron chi connectivity index (χ1n) is 6.85. The maximum absolute atomic E-state index is 12.3. The molecule has 2 aromatic rings. The van der Waals surface area contributed by atoms with Crippen LogP contribution >= 0.6 is 11.6 Å². The number of anilines is 1. The van der Waals surface area contributed by atoms with Crippen molar-refractivity contribution in [3.8, 4) is 0 Å². The number of hydrogen-bond donors (Lipinski definition) is 1. The molecule has 0 unspecified atom stereocenters. The van der Waals surface area contributed by atoms with Crippen LogP contribution in [0.4, 0.5) is 5.69 Å². The summed E-state index contributed by atoms with van der Waals surface area (Å²) in [6, 6.07) is 15.9. The molecule has 0 heterocycles. The fourth-order valence-corrected chi connectivity index (χ4v) is 2.26. The molecule has 0 fully saturated rings. The molecule has 0 aliphatic carbocycles. The van der Waals surface area contributed by atoms with Crippen LogP contribution in [0.5, 0.6) is 0 Å². The lowest BCUT2D eigenvalue weighted by Gasteiger charge is -2.17. The van der Waals surface area contributed by atoms with Crippen molar-refractivity contribution < 1.29 is 14.7 Å². The van der Waals surface area contributed by atoms with E-state index in [1.54, 1.807) is 48.5 Å². The molecule has 0 saturated carbocycles. The van der Waals surface area contributed by atoms with E-state index in [1.165, 1.54) is 0 Å². The molecule has 0 radical (unpaired) electrons. The van der Waals surface area contributed by atoms with Gasteiger partial charge < -0.3 is 15.2 Å². The SMILES string of the molecule is O=C([O-])C[C@H](Cc1ccc(Cl)cc1)C(=O)Nc1ccccc1. The highest BCUT2D eigenvalue weighted by molar-refractivity contribution is 6.30. The van der Waals surface area contributed by atoms with Crippen molar-refractivity contribution in [2.24, 2.45) is 5.92 Å². The maximum Gasteiger partial charge on any atom is 0.228 e. The van der Waals surface area contributed by atoms with Crippen molar-refractivity contribution in [3.63, 3.8) is 0 Å². The average molecular weight is 317 g/mol. The second-order valence-corrected chi connectivity index (χ2v) is 5.40. The topological polar surface area (TPSA) is 69.2 Å². The molecule has 114 valence electrons. The molecule has 1 N–H and O–H groups in total. The zero-order chi connectivity index (χ0) is 15.9. The number of carboxylic acids is 1. The zero-order valence-electron chi connectivity index (χ0n) is 11.8. The van der Waals surface area contributed by atoms with Gasteiger partial charge in [0.25, 0.3) is 0 Å². The van der Waals surface area contributed by atoms with Crippen molar-refractivity contribution in [2.75, 3.05) is 5.32 Å². The van der Waals surface area contributed by atoms with Gasteiger partial charge in [-0.1, -0.05) is 41.9 Å². The van der Waals surface area contributed by atoms with E-state index in [9.17, 15) is 14.7 Å². The Kier molecular flexibility index (Phi) is 5.55. The number of carboxylic acid groups (broad SMARTS) is 1. The van der Waals surface area contributed by atoms with E-state index >= 15 is 0 Å². The molecule has 2 rings (SSSR count). The maximum atomic E-state index is 12.3. The molecule has 2 aromatic carbocycles. The summed E-state index contributed by atoms with van der Waals surface area (Å²) in [5.41, 5.74) is 1.48. The Labute approximate surface area is 133 Å². The summed E-state index contributed by atoms with van der Waals surface area (Å²) in [5, 5.41) is 14.2. The first-order valence-corrected chi connectivity index (χ1v) is 7.22. The largest absolute Gasteiger partial charge is 0.550 e. The lowest BCUT2D eigenvalue weighted by molar-refractivity contribution is -0.306. The fourth-order valence-electron chi connectivity index (χ4n) is 2.13. The number of halogens is 1. The van der Waals surface area contributed by atoms with Crippen LogP contribution in [0, 0.1) is 5.92 Å². The minimum absolute atomic E-state index is 0.309. The Bertz CT molecular complexity index is 641. The van der Waals surface area contributed by atoms with Gasteiger partial charge in [0.2, 0.25) is 5.91 Å². The Morgan fingerprint density at radius 1 is 1.05 bits per heavy atom. The number of benzene rings is 2. The van der Waals surface area contributed by atoms with Crippen molar-refractivity contribution in [3.05, 3.63) is 65.2 Å². The van der Waals surface area contributed by atoms with E-state index in [0.29, 0.717) is 17.1 Å². The number of para-hydroxylation sites is 1. The fraction of sp³-hybridized carbons (Fsp3) is 0.176. The van der Waals surface area contributed by atoms with E-state index in [0.717, 1.165) is 5.56 Å². The lowest BCUT2D eigenvalue weighted by atomic mass is 9.95. The quantitative estimate of drug-likeness (QED) is 0.889. The standard InChI is InChI=1S/C17H16ClNO3/c18-14-8-6-12(7-9-14)10-13(11-16(20)21)17(22)19-15-4-2-1-3-5-15/h1-9,13H,10-11H2,(H,19,22)(H,20,21)/p-1/t13-/m0/s1. The van der Waals surface area contributed by atoms with Crippen LogP contribution in [0.25, 0.3) is 0 Å². The van der Waals surface area contributed by atoms with Crippen LogP contribution in [-0.4, -0.2) is 11.9 Å². The van der Waals surface area contributed by atoms with Crippen LogP contribution in [-0.2, 0) is 16.0 Å². The molecule has 1 atom stereocenters. The average Bonchev–Trinajstić information content (AvgIpc) is 2.49. The van der Waals surface area contributed by atoms with Gasteiger partial charge in [0.05, 0.1) is 0 Å². The molecule has 0 aliphatic rings. The van der Waals surface area contributed by atoms with Crippen LogP contribution in [0.3, 0.4) is 0 Å². The summed E-state index contributed by atoms with van der Waals surface area (Å²) in [4.78, 5) is 23.2. The Morgan fingerprint density at radius 2 is 1.68 bits per heavy atom. The molecule has 22 heavy (non-hydrogen) atoms. The highest BCUT2D eigenvalue weighted by Crippen LogP contribution is 2.17. The summed E-state index contributed by atoms with van der Waals surface area (Å²) in [6.45, 7) is 0. The highest BCUT2D eigenvalue weighted by Gasteiger charge is 2.19. The normalized spacial score (nSPS) is 11.7. The number of carbonyl (C=O) groups excluding carboxylic acids is 2. The van der Waals surface area contributed by atoms with Gasteiger partial charge in [0.1, 0.15) is 0 Å². The second-order valence-electron chi connectivity index (χ2n) is 4.96. The number of rotatable bonds is 6. The van der Waals surface area contributed by atoms with E-state index in [1.807, 2.05) is 6.07 Å². The van der Waals surface area contributed by atoms with Crippen LogP contribution < -0.4 is 10.4 Å². The van der Waals surface area contributed by atoms with Gasteiger partial charge in [-0.15, -0.1) is 0 Å². The van der Waals surface area contributed by atoms with Crippen LogP contribution in [0.15, 0.2) is 54.6 Å². The summed E-state index contributed by atoms with van der Waals surface area (Å²) >= 11 is 5.82. The van der Waals surface area contributed by atoms with E-state index in [2.05, 4.69) is 5.32 Å². The van der Waals surface area contributed by atoms with Crippen LogP contribution in [0.2, 0.25) is 5.02 Å². The second kappa shape index (κ2) is 7.61. The minimum Gasteiger partial charge on any atom is -0.550 e. The zero-order valence-corrected chi connectivity index (χ0v) is 12.5. The van der Waals surface area contributed by atoms with Gasteiger partial charge in [-0.25, -0.2) is 0 Å². The summed E-state index contributed by atoms with van der Waals surface area (Å²) in [5.74, 6) is -2.29. The number of nitrogens with one attached hydrogen (secondary N) is 1. The van der Waals surface area contributed by atoms with Crippen molar-refractivity contribution in [1.82, 2.24) is 0 Å². The molecule has 1 amide bonds. The molecule has 5 heteroatoms. The van der Waals surface area contributed by atoms with Crippen LogP contribution in [0.1, 0.15) is 12.0 Å². The lowest BCUT2D eigenvalue weighted by Crippen LogP contribution is -2.32. The van der Waals surface area contributed by atoms with Gasteiger partial charge in [0.15, 0.2) is 0 Å². The monoisotopic (exact) mass is 316 g/mol. The van der Waals surface area contributed by atoms with E-state index in [4.69, 9.17) is 11.6 Å². The highest BCUT2D eigenvalue weighted by atomic mass is 35.5. The summed E-state index contributed by atoms with van der Waals surface area (Å²) in [6.07, 6.45) is -0.0227. The van der Waals surface area contributed by atoms with Crippen molar-refractivity contribution in [2.45, 2.75) is 12.8 Å². The van der Waals surface area contributed by atoms with Gasteiger partial charge in [-0.05, 0) is 42.7 Å². The predicted molar refractivity (Wildman–Crippen MR) is 83.3 cm³/mol. The van der Waals surface area contributed by atoms with Gasteiger partial charge in [-0.2, -0.15) is 0 Å². The Morgan fingerprint density at radius 3 is 2.27 bits per heavy atom. The third kappa shape index (κ3) is 4.90. The van der Waals surface area contributed by atoms with Gasteiger partial charge >= 0.3 is 0 Å². The smallest absolute Gasteiger partial charge is 0.228 e. The van der Waals surface area contributed by atoms with E-state index in [-0.39, 0.29) is 12.3 Å². The number of aliphatic carboxylic acids is 1. The first kappa shape index (κ1) is 16.0. The third-order valence-electron chi connectivity index (χ3n) is 3.22. The third-order valence-corrected chi connectivity index (χ3v) is 3.47. The molecule has 4 nitrogen and oxygen atoms in total. The predicted octanol–water partition coefficient (Wildman–Crippen LogP) is 2.28. The minimum atomic E-state index is -1.25. The molecule has 0 spiro atoms. The molecule has 0 aromatic heterocycles. The first-order chi connectivity index (χ1) is 10.5. The molecule has 0 aliphatic heterocycles. The number of carbonyl (C=O) groups is 2. The van der Waals surface area contributed by atoms with Gasteiger partial charge in [-0.3, -0.25) is 4.79 Å². The molecule has 0 saturated heterocycles. The number of amides is 1. The molecular weight excluding hydrogens is 302 g/mol. The summed E-state index contributed by atoms with van der Waals surface area (Å²) in [7, 11) is 0. The Hall–Kier alpha value is -2.33. The number of hydrogen-bond acceptors (Lipinski definition) is 3. The molecule has 0 bridgehead atoms. The molecular formula is C17H15ClNO3-. The van der Waals surface area contributed by atoms with Gasteiger partial charge in [0, 0.05) is 22.6 Å². The van der Waals surface area contributed by atoms with E-state index < -0.39 is 11.9 Å².